The van der Waals surface area contributed by atoms with Crippen molar-refractivity contribution >= 4 is 57.2 Å². The van der Waals surface area contributed by atoms with Crippen molar-refractivity contribution in [2.75, 3.05) is 4.90 Å². The van der Waals surface area contributed by atoms with Crippen LogP contribution in [0.1, 0.15) is 41.0 Å². The predicted octanol–water partition coefficient (Wildman–Crippen LogP) is 7.33. The molecule has 6 atom stereocenters. The molecule has 7 heteroatoms. The summed E-state index contributed by atoms with van der Waals surface area (Å²) in [4.78, 5) is 59.8. The fourth-order valence-corrected chi connectivity index (χ4v) is 9.34. The number of Topliss-reactive ketones (excluding diaryl/α,β-unsaturated/α-hetero) is 1. The number of halogens is 1. The lowest BCUT2D eigenvalue weighted by atomic mass is 9.44. The second-order valence-electron chi connectivity index (χ2n) is 13.3. The number of benzene rings is 4. The molecule has 2 fully saturated rings. The molecule has 8 rings (SSSR count). The van der Waals surface area contributed by atoms with Gasteiger partial charge in [0.25, 0.3) is 0 Å². The van der Waals surface area contributed by atoms with Gasteiger partial charge in [0, 0.05) is 26.5 Å². The van der Waals surface area contributed by atoms with Crippen LogP contribution in [0.4, 0.5) is 5.69 Å². The van der Waals surface area contributed by atoms with E-state index in [1.54, 1.807) is 12.1 Å². The maximum absolute atomic E-state index is 15.1. The Labute approximate surface area is 292 Å². The number of amides is 2. The van der Waals surface area contributed by atoms with Crippen molar-refractivity contribution in [2.45, 2.75) is 31.1 Å². The molecule has 1 N–H and O–H groups in total. The highest BCUT2D eigenvalue weighted by molar-refractivity contribution is 14.1. The molecule has 0 radical (unpaired) electrons. The van der Waals surface area contributed by atoms with E-state index in [4.69, 9.17) is 0 Å². The summed E-state index contributed by atoms with van der Waals surface area (Å²) in [5, 5.41) is 11.7. The molecular weight excluding hydrogens is 713 g/mol. The average molecular weight is 746 g/mol. The van der Waals surface area contributed by atoms with Crippen molar-refractivity contribution in [1.29, 1.82) is 0 Å². The van der Waals surface area contributed by atoms with Crippen LogP contribution in [0, 0.1) is 34.2 Å². The first kappa shape index (κ1) is 30.7. The van der Waals surface area contributed by atoms with E-state index in [1.165, 1.54) is 11.0 Å². The lowest BCUT2D eigenvalue weighted by Crippen LogP contribution is -2.58. The molecular formula is C41H32INO5. The summed E-state index contributed by atoms with van der Waals surface area (Å²) in [6.45, 7) is 1.82. The second-order valence-corrected chi connectivity index (χ2v) is 14.5. The van der Waals surface area contributed by atoms with Gasteiger partial charge in [0.2, 0.25) is 11.8 Å². The Morgan fingerprint density at radius 2 is 1.48 bits per heavy atom. The zero-order valence-electron chi connectivity index (χ0n) is 26.2. The lowest BCUT2D eigenvalue weighted by Gasteiger charge is -2.55. The van der Waals surface area contributed by atoms with Gasteiger partial charge in [-0.25, -0.2) is 0 Å². The van der Waals surface area contributed by atoms with Gasteiger partial charge in [0.1, 0.15) is 5.75 Å². The molecule has 48 heavy (non-hydrogen) atoms. The summed E-state index contributed by atoms with van der Waals surface area (Å²) in [5.74, 6) is -4.22. The second kappa shape index (κ2) is 11.5. The van der Waals surface area contributed by atoms with Crippen LogP contribution in [-0.4, -0.2) is 28.5 Å². The monoisotopic (exact) mass is 745 g/mol. The molecule has 4 aromatic carbocycles. The summed E-state index contributed by atoms with van der Waals surface area (Å²) < 4.78 is 0.991. The number of imide groups is 1. The number of hydrogen-bond acceptors (Lipinski definition) is 5. The van der Waals surface area contributed by atoms with Crippen molar-refractivity contribution in [2.24, 2.45) is 23.7 Å². The fourth-order valence-electron chi connectivity index (χ4n) is 8.98. The van der Waals surface area contributed by atoms with Gasteiger partial charge in [0.05, 0.1) is 22.9 Å². The van der Waals surface area contributed by atoms with Gasteiger partial charge < -0.3 is 5.11 Å². The Balaban J connectivity index is 1.37. The number of phenols is 1. The topological polar surface area (TPSA) is 91.8 Å². The molecule has 0 spiro atoms. The zero-order chi connectivity index (χ0) is 33.3. The molecule has 6 unspecified atom stereocenters. The molecule has 1 saturated heterocycles. The lowest BCUT2D eigenvalue weighted by molar-refractivity contribution is -0.135. The number of aryl methyl sites for hydroxylation is 1. The van der Waals surface area contributed by atoms with E-state index in [2.05, 4.69) is 22.6 Å². The Morgan fingerprint density at radius 1 is 0.792 bits per heavy atom. The molecule has 2 amide bonds. The first-order valence-electron chi connectivity index (χ1n) is 16.3. The molecule has 1 saturated carbocycles. The van der Waals surface area contributed by atoms with Crippen LogP contribution in [0.5, 0.6) is 5.75 Å². The number of fused-ring (bicyclic) bond motifs is 4. The van der Waals surface area contributed by atoms with Crippen LogP contribution in [0.2, 0.25) is 0 Å². The molecule has 0 aromatic heterocycles. The fraction of sp³-hybridized carbons (Fsp3) is 0.220. The van der Waals surface area contributed by atoms with Crippen molar-refractivity contribution in [3.05, 3.63) is 147 Å². The molecule has 4 aliphatic rings. The summed E-state index contributed by atoms with van der Waals surface area (Å²) >= 11 is 2.19. The highest BCUT2D eigenvalue weighted by Crippen LogP contribution is 2.64. The molecule has 1 aliphatic heterocycles. The highest BCUT2D eigenvalue weighted by Gasteiger charge is 2.66. The third-order valence-corrected chi connectivity index (χ3v) is 11.8. The van der Waals surface area contributed by atoms with Crippen LogP contribution in [0.3, 0.4) is 0 Å². The van der Waals surface area contributed by atoms with Crippen molar-refractivity contribution in [3.8, 4) is 5.75 Å². The van der Waals surface area contributed by atoms with Crippen LogP contribution < -0.4 is 4.90 Å². The minimum absolute atomic E-state index is 0.0626. The Bertz CT molecular complexity index is 2070. The number of ketones is 2. The summed E-state index contributed by atoms with van der Waals surface area (Å²) in [7, 11) is 0. The van der Waals surface area contributed by atoms with Crippen LogP contribution >= 0.6 is 22.6 Å². The maximum atomic E-state index is 15.1. The van der Waals surface area contributed by atoms with Crippen LogP contribution in [0.15, 0.2) is 121 Å². The van der Waals surface area contributed by atoms with E-state index < -0.39 is 35.0 Å². The molecule has 4 aromatic rings. The van der Waals surface area contributed by atoms with Crippen molar-refractivity contribution in [3.63, 3.8) is 0 Å². The number of para-hydroxylation sites is 1. The van der Waals surface area contributed by atoms with E-state index in [-0.39, 0.29) is 35.6 Å². The first-order valence-corrected chi connectivity index (χ1v) is 17.3. The average Bonchev–Trinajstić information content (AvgIpc) is 3.37. The quantitative estimate of drug-likeness (QED) is 0.134. The van der Waals surface area contributed by atoms with E-state index in [0.717, 1.165) is 9.14 Å². The van der Waals surface area contributed by atoms with E-state index in [1.807, 2.05) is 104 Å². The number of rotatable bonds is 4. The normalized spacial score (nSPS) is 28.0. The molecule has 1 heterocycles. The number of anilines is 1. The third kappa shape index (κ3) is 4.36. The summed E-state index contributed by atoms with van der Waals surface area (Å²) in [5.41, 5.74) is 2.88. The van der Waals surface area contributed by atoms with Crippen LogP contribution in [0.25, 0.3) is 5.57 Å². The van der Waals surface area contributed by atoms with Crippen molar-refractivity contribution < 1.29 is 24.3 Å². The number of allylic oxidation sites excluding steroid dienone is 4. The van der Waals surface area contributed by atoms with Gasteiger partial charge in [-0.3, -0.25) is 24.1 Å². The minimum atomic E-state index is -1.38. The molecule has 0 bridgehead atoms. The number of nitrogens with zero attached hydrogens (tertiary/aromatic N) is 1. The van der Waals surface area contributed by atoms with Gasteiger partial charge >= 0.3 is 0 Å². The Hall–Kier alpha value is -4.63. The molecule has 3 aliphatic carbocycles. The highest BCUT2D eigenvalue weighted by atomic mass is 127. The van der Waals surface area contributed by atoms with Gasteiger partial charge in [-0.1, -0.05) is 90.5 Å². The standard InChI is InChI=1S/C41H32INO5/c1-23-9-8-14-30(37(23)45)36-28-19-20-29-35(40(48)43(39(29)47)27-17-15-26(42)16-18-27)32(28)21-33-38(46)31(24-10-4-2-5-11-24)22-34(44)41(33,36)25-12-6-3-7-13-25/h2-19,22,29,32-33,35-36,45H,20-21H2,1H3. The largest absolute Gasteiger partial charge is 0.507 e. The molecule has 238 valence electrons. The van der Waals surface area contributed by atoms with Crippen LogP contribution in [-0.2, 0) is 24.6 Å². The number of hydrogen-bond donors (Lipinski definition) is 1. The van der Waals surface area contributed by atoms with Gasteiger partial charge in [-0.05, 0) is 95.3 Å². The van der Waals surface area contributed by atoms with E-state index in [9.17, 15) is 19.5 Å². The molecule has 6 nitrogen and oxygen atoms in total. The van der Waals surface area contributed by atoms with Gasteiger partial charge in [-0.2, -0.15) is 0 Å². The third-order valence-electron chi connectivity index (χ3n) is 11.0. The van der Waals surface area contributed by atoms with Gasteiger partial charge in [-0.15, -0.1) is 0 Å². The summed E-state index contributed by atoms with van der Waals surface area (Å²) in [6, 6.07) is 31.5. The smallest absolute Gasteiger partial charge is 0.238 e. The number of aromatic hydroxyl groups is 1. The summed E-state index contributed by atoms with van der Waals surface area (Å²) in [6.07, 6.45) is 4.07. The van der Waals surface area contributed by atoms with Gasteiger partial charge in [0.15, 0.2) is 11.6 Å². The Kier molecular flexibility index (Phi) is 7.36. The van der Waals surface area contributed by atoms with E-state index in [0.29, 0.717) is 39.9 Å². The number of carbonyl (C=O) groups excluding carboxylic acids is 4. The SMILES string of the molecule is Cc1cccc(C2C3=CCC4C(=O)N(c5ccc(I)cc5)C(=O)C4C3CC3C(=O)C(c4ccccc4)=CC(=O)C32c2ccccc2)c1O. The zero-order valence-corrected chi connectivity index (χ0v) is 28.3. The number of carbonyl (C=O) groups is 4. The van der Waals surface area contributed by atoms with E-state index >= 15 is 4.79 Å². The number of phenolic OH excluding ortho intramolecular Hbond substituents is 1. The minimum Gasteiger partial charge on any atom is -0.507 e. The Morgan fingerprint density at radius 3 is 2.19 bits per heavy atom. The first-order chi connectivity index (χ1) is 23.2. The predicted molar refractivity (Wildman–Crippen MR) is 191 cm³/mol. The maximum Gasteiger partial charge on any atom is 0.238 e. The van der Waals surface area contributed by atoms with Crippen molar-refractivity contribution in [1.82, 2.24) is 0 Å².